The molecule has 1 N–H and O–H groups in total. The molecule has 2 aromatic rings. The van der Waals surface area contributed by atoms with Crippen molar-refractivity contribution in [2.45, 2.75) is 6.92 Å². The number of nitrogens with one attached hydrogen (secondary N) is 1. The summed E-state index contributed by atoms with van der Waals surface area (Å²) in [6.07, 6.45) is 2.67. The van der Waals surface area contributed by atoms with Crippen molar-refractivity contribution >= 4 is 16.9 Å². The molecule has 0 bridgehead atoms. The van der Waals surface area contributed by atoms with Crippen LogP contribution in [0.1, 0.15) is 15.9 Å². The van der Waals surface area contributed by atoms with Gasteiger partial charge in [-0.3, -0.25) is 4.79 Å². The molecule has 1 aromatic heterocycles. The Morgan fingerprint density at radius 2 is 2.20 bits per heavy atom. The van der Waals surface area contributed by atoms with Gasteiger partial charge >= 0.3 is 0 Å². The van der Waals surface area contributed by atoms with E-state index in [-0.39, 0.29) is 5.91 Å². The Bertz CT molecular complexity index is 514. The average molecular weight is 202 g/mol. The summed E-state index contributed by atoms with van der Waals surface area (Å²) in [6, 6.07) is 3.66. The zero-order valence-corrected chi connectivity index (χ0v) is 8.96. The number of carbonyl (C=O) groups is 1. The van der Waals surface area contributed by atoms with Crippen molar-refractivity contribution in [1.82, 2.24) is 14.9 Å². The van der Waals surface area contributed by atoms with Crippen LogP contribution in [0.15, 0.2) is 12.1 Å². The molecule has 2 rings (SSSR count). The summed E-state index contributed by atoms with van der Waals surface area (Å²) in [7, 11) is 3.48. The number of hydrogen-bond acceptors (Lipinski definition) is 2. The van der Waals surface area contributed by atoms with Crippen LogP contribution in [-0.2, 0) is 0 Å². The van der Waals surface area contributed by atoms with E-state index in [4.69, 9.17) is 0 Å². The molecule has 1 radical (unpaired) electrons. The largest absolute Gasteiger partial charge is 0.345 e. The number of imidazole rings is 1. The lowest BCUT2D eigenvalue weighted by molar-refractivity contribution is 0.0827. The summed E-state index contributed by atoms with van der Waals surface area (Å²) in [6.45, 7) is 1.90. The van der Waals surface area contributed by atoms with Gasteiger partial charge in [-0.1, -0.05) is 0 Å². The Labute approximate surface area is 87.9 Å². The number of aromatic amines is 1. The fourth-order valence-corrected chi connectivity index (χ4v) is 1.56. The molecular weight excluding hydrogens is 190 g/mol. The van der Waals surface area contributed by atoms with Gasteiger partial charge in [-0.2, -0.15) is 0 Å². The van der Waals surface area contributed by atoms with Crippen molar-refractivity contribution in [2.24, 2.45) is 0 Å². The Balaban J connectivity index is 2.62. The van der Waals surface area contributed by atoms with Crippen LogP contribution in [0.4, 0.5) is 0 Å². The molecule has 1 heterocycles. The minimum absolute atomic E-state index is 0.00241. The third kappa shape index (κ3) is 1.48. The lowest BCUT2D eigenvalue weighted by Gasteiger charge is -2.12. The lowest BCUT2D eigenvalue weighted by Crippen LogP contribution is -2.22. The predicted molar refractivity (Wildman–Crippen MR) is 57.7 cm³/mol. The lowest BCUT2D eigenvalue weighted by atomic mass is 10.1. The molecule has 15 heavy (non-hydrogen) atoms. The van der Waals surface area contributed by atoms with Crippen LogP contribution >= 0.6 is 0 Å². The van der Waals surface area contributed by atoms with E-state index < -0.39 is 0 Å². The first-order valence-corrected chi connectivity index (χ1v) is 4.68. The molecule has 0 aliphatic heterocycles. The van der Waals surface area contributed by atoms with E-state index in [1.165, 1.54) is 0 Å². The number of hydrogen-bond donors (Lipinski definition) is 1. The molecule has 4 nitrogen and oxygen atoms in total. The molecule has 0 unspecified atom stereocenters. The molecular formula is C11H12N3O. The van der Waals surface area contributed by atoms with E-state index in [2.05, 4.69) is 16.3 Å². The number of fused-ring (bicyclic) bond motifs is 1. The molecule has 0 fully saturated rings. The van der Waals surface area contributed by atoms with Gasteiger partial charge < -0.3 is 9.88 Å². The number of nitrogens with zero attached hydrogens (tertiary/aromatic N) is 2. The van der Waals surface area contributed by atoms with E-state index in [1.807, 2.05) is 19.1 Å². The number of rotatable bonds is 1. The van der Waals surface area contributed by atoms with Crippen LogP contribution in [0.25, 0.3) is 11.0 Å². The summed E-state index contributed by atoms with van der Waals surface area (Å²) in [5, 5.41) is 0. The number of H-pyrrole nitrogens is 1. The van der Waals surface area contributed by atoms with E-state index in [9.17, 15) is 4.79 Å². The maximum Gasteiger partial charge on any atom is 0.253 e. The molecule has 0 saturated heterocycles. The van der Waals surface area contributed by atoms with Crippen molar-refractivity contribution in [1.29, 1.82) is 0 Å². The van der Waals surface area contributed by atoms with Crippen LogP contribution in [0.2, 0.25) is 0 Å². The van der Waals surface area contributed by atoms with Gasteiger partial charge in [0.2, 0.25) is 0 Å². The highest BCUT2D eigenvalue weighted by molar-refractivity contribution is 5.99. The third-order valence-corrected chi connectivity index (χ3v) is 2.43. The number of carbonyl (C=O) groups excluding carboxylic acids is 1. The van der Waals surface area contributed by atoms with Gasteiger partial charge in [0.1, 0.15) is 0 Å². The number of benzene rings is 1. The first-order valence-electron chi connectivity index (χ1n) is 4.68. The molecule has 0 spiro atoms. The van der Waals surface area contributed by atoms with Crippen molar-refractivity contribution in [3.63, 3.8) is 0 Å². The molecule has 1 aromatic carbocycles. The summed E-state index contributed by atoms with van der Waals surface area (Å²) in [5.74, 6) is -0.00241. The van der Waals surface area contributed by atoms with Crippen LogP contribution in [0.3, 0.4) is 0 Å². The Morgan fingerprint density at radius 3 is 2.87 bits per heavy atom. The molecule has 0 aliphatic carbocycles. The van der Waals surface area contributed by atoms with Gasteiger partial charge in [-0.15, -0.1) is 0 Å². The maximum atomic E-state index is 11.8. The van der Waals surface area contributed by atoms with Gasteiger partial charge in [-0.05, 0) is 24.6 Å². The zero-order valence-electron chi connectivity index (χ0n) is 8.96. The van der Waals surface area contributed by atoms with Gasteiger partial charge in [0.05, 0.1) is 11.0 Å². The minimum atomic E-state index is -0.00241. The quantitative estimate of drug-likeness (QED) is 0.759. The van der Waals surface area contributed by atoms with E-state index in [1.54, 1.807) is 19.0 Å². The van der Waals surface area contributed by atoms with E-state index >= 15 is 0 Å². The maximum absolute atomic E-state index is 11.8. The van der Waals surface area contributed by atoms with E-state index in [0.717, 1.165) is 16.6 Å². The van der Waals surface area contributed by atoms with Crippen molar-refractivity contribution in [3.8, 4) is 0 Å². The normalized spacial score (nSPS) is 10.6. The molecule has 0 saturated carbocycles. The molecule has 1 amide bonds. The third-order valence-electron chi connectivity index (χ3n) is 2.43. The molecule has 0 atom stereocenters. The van der Waals surface area contributed by atoms with Crippen LogP contribution in [-0.4, -0.2) is 34.9 Å². The summed E-state index contributed by atoms with van der Waals surface area (Å²) in [5.41, 5.74) is 3.29. The Morgan fingerprint density at radius 1 is 1.47 bits per heavy atom. The van der Waals surface area contributed by atoms with Crippen molar-refractivity contribution < 1.29 is 4.79 Å². The number of amides is 1. The Hall–Kier alpha value is -1.84. The predicted octanol–water partition coefficient (Wildman–Crippen LogP) is 1.37. The smallest absolute Gasteiger partial charge is 0.253 e. The summed E-state index contributed by atoms with van der Waals surface area (Å²) >= 11 is 0. The Kier molecular flexibility index (Phi) is 2.19. The summed E-state index contributed by atoms with van der Waals surface area (Å²) in [4.78, 5) is 20.3. The highest BCUT2D eigenvalue weighted by Gasteiger charge is 2.13. The SMILES string of the molecule is Cc1c(C(=O)N(C)C)ccc2[nH][c]nc12. The summed E-state index contributed by atoms with van der Waals surface area (Å²) < 4.78 is 0. The molecule has 0 aliphatic rings. The van der Waals surface area contributed by atoms with Crippen LogP contribution < -0.4 is 0 Å². The van der Waals surface area contributed by atoms with E-state index in [0.29, 0.717) is 5.56 Å². The van der Waals surface area contributed by atoms with Crippen LogP contribution in [0.5, 0.6) is 0 Å². The van der Waals surface area contributed by atoms with Crippen molar-refractivity contribution in [2.75, 3.05) is 14.1 Å². The fourth-order valence-electron chi connectivity index (χ4n) is 1.56. The van der Waals surface area contributed by atoms with Crippen molar-refractivity contribution in [3.05, 3.63) is 29.6 Å². The minimum Gasteiger partial charge on any atom is -0.345 e. The second-order valence-corrected chi connectivity index (χ2v) is 3.68. The number of aromatic nitrogens is 2. The molecule has 77 valence electrons. The highest BCUT2D eigenvalue weighted by atomic mass is 16.2. The molecule has 4 heteroatoms. The second kappa shape index (κ2) is 3.38. The van der Waals surface area contributed by atoms with Crippen LogP contribution in [0, 0.1) is 13.3 Å². The first kappa shape index (κ1) is 9.71. The average Bonchev–Trinajstić information content (AvgIpc) is 2.66. The van der Waals surface area contributed by atoms with Gasteiger partial charge in [0.15, 0.2) is 6.33 Å². The van der Waals surface area contributed by atoms with Gasteiger partial charge in [0, 0.05) is 19.7 Å². The highest BCUT2D eigenvalue weighted by Crippen LogP contribution is 2.19. The fraction of sp³-hybridized carbons (Fsp3) is 0.273. The number of aryl methyl sites for hydroxylation is 1. The topological polar surface area (TPSA) is 49.0 Å². The van der Waals surface area contributed by atoms with Gasteiger partial charge in [-0.25, -0.2) is 4.98 Å². The van der Waals surface area contributed by atoms with Gasteiger partial charge in [0.25, 0.3) is 5.91 Å². The monoisotopic (exact) mass is 202 g/mol. The second-order valence-electron chi connectivity index (χ2n) is 3.68. The first-order chi connectivity index (χ1) is 7.11. The standard InChI is InChI=1S/C11H12N3O/c1-7-8(11(15)14(2)3)4-5-9-10(7)13-6-12-9/h4-5H,1-3H3,(H,12,13). The zero-order chi connectivity index (χ0) is 11.0.